The Morgan fingerprint density at radius 1 is 0.444 bits per heavy atom. The lowest BCUT2D eigenvalue weighted by Crippen LogP contribution is -2.45. The quantitative estimate of drug-likeness (QED) is 0.196. The lowest BCUT2D eigenvalue weighted by atomic mass is 9.50. The van der Waals surface area contributed by atoms with Gasteiger partial charge in [-0.1, -0.05) is 175 Å². The minimum absolute atomic E-state index is 0.385. The van der Waals surface area contributed by atoms with Crippen molar-refractivity contribution in [2.45, 2.75) is 30.1 Å². The Bertz CT molecular complexity index is 2080. The normalized spacial score (nSPS) is 20.6. The first-order valence-electron chi connectivity index (χ1n) is 16.2. The second kappa shape index (κ2) is 10.2. The van der Waals surface area contributed by atoms with E-state index in [-0.39, 0.29) is 5.41 Å². The highest BCUT2D eigenvalue weighted by Crippen LogP contribution is 2.65. The van der Waals surface area contributed by atoms with E-state index in [4.69, 9.17) is 0 Å². The van der Waals surface area contributed by atoms with Gasteiger partial charge in [0.25, 0.3) is 0 Å². The van der Waals surface area contributed by atoms with Crippen molar-refractivity contribution in [2.24, 2.45) is 0 Å². The van der Waals surface area contributed by atoms with Gasteiger partial charge in [-0.25, -0.2) is 0 Å². The van der Waals surface area contributed by atoms with E-state index >= 15 is 0 Å². The second-order valence-corrected chi connectivity index (χ2v) is 12.7. The van der Waals surface area contributed by atoms with Crippen LogP contribution in [0.3, 0.4) is 0 Å². The fraction of sp³-hybridized carbons (Fsp3) is 0.111. The maximum Gasteiger partial charge on any atom is 0.0720 e. The van der Waals surface area contributed by atoms with Crippen LogP contribution in [0.25, 0.3) is 11.1 Å². The molecule has 0 fully saturated rings. The minimum Gasteiger partial charge on any atom is -0.0842 e. The predicted molar refractivity (Wildman–Crippen MR) is 186 cm³/mol. The average molecular weight is 575 g/mol. The van der Waals surface area contributed by atoms with E-state index in [2.05, 4.69) is 170 Å². The number of rotatable bonds is 4. The van der Waals surface area contributed by atoms with Crippen LogP contribution in [-0.2, 0) is 17.3 Å². The van der Waals surface area contributed by atoms with Crippen LogP contribution in [-0.4, -0.2) is 0 Å². The Hall–Kier alpha value is -5.20. The Kier molecular flexibility index (Phi) is 5.93. The van der Waals surface area contributed by atoms with Gasteiger partial charge in [-0.15, -0.1) is 0 Å². The zero-order valence-electron chi connectivity index (χ0n) is 25.3. The lowest BCUT2D eigenvalue weighted by molar-refractivity contribution is 0.595. The summed E-state index contributed by atoms with van der Waals surface area (Å²) in [6.07, 6.45) is 9.99. The van der Waals surface area contributed by atoms with Gasteiger partial charge in [-0.2, -0.15) is 0 Å². The van der Waals surface area contributed by atoms with Crippen LogP contribution >= 0.6 is 0 Å². The number of hydrogen-bond donors (Lipinski definition) is 0. The molecule has 1 spiro atoms. The fourth-order valence-corrected chi connectivity index (χ4v) is 8.86. The van der Waals surface area contributed by atoms with Crippen molar-refractivity contribution < 1.29 is 0 Å². The summed E-state index contributed by atoms with van der Waals surface area (Å²) in [5.41, 5.74) is 15.7. The summed E-state index contributed by atoms with van der Waals surface area (Å²) in [6.45, 7) is 0. The topological polar surface area (TPSA) is 0 Å². The van der Waals surface area contributed by atoms with Crippen LogP contribution in [0.15, 0.2) is 175 Å². The molecule has 6 aromatic carbocycles. The summed E-state index contributed by atoms with van der Waals surface area (Å²) in [5.74, 6) is 0. The molecule has 0 aromatic heterocycles. The predicted octanol–water partition coefficient (Wildman–Crippen LogP) is 10.6. The molecular formula is C45H34. The monoisotopic (exact) mass is 574 g/mol. The lowest BCUT2D eigenvalue weighted by Gasteiger charge is -2.51. The average Bonchev–Trinajstić information content (AvgIpc) is 3.40. The van der Waals surface area contributed by atoms with Crippen molar-refractivity contribution in [3.63, 3.8) is 0 Å². The third kappa shape index (κ3) is 3.60. The first-order valence-corrected chi connectivity index (χ1v) is 16.2. The zero-order valence-corrected chi connectivity index (χ0v) is 25.3. The Labute approximate surface area is 266 Å². The molecule has 0 nitrogen and oxygen atoms in total. The van der Waals surface area contributed by atoms with Crippen LogP contribution < -0.4 is 0 Å². The summed E-state index contributed by atoms with van der Waals surface area (Å²) >= 11 is 0. The Morgan fingerprint density at radius 2 is 1.00 bits per heavy atom. The number of benzene rings is 6. The van der Waals surface area contributed by atoms with E-state index in [0.29, 0.717) is 0 Å². The molecule has 0 amide bonds. The van der Waals surface area contributed by atoms with Crippen LogP contribution in [0.5, 0.6) is 0 Å². The molecule has 0 N–H and O–H groups in total. The van der Waals surface area contributed by atoms with Crippen molar-refractivity contribution >= 4 is 0 Å². The summed E-state index contributed by atoms with van der Waals surface area (Å²) in [7, 11) is 0. The molecule has 0 bridgehead atoms. The number of hydrogen-bond acceptors (Lipinski definition) is 0. The molecular weight excluding hydrogens is 540 g/mol. The number of allylic oxidation sites excluding steroid dienone is 4. The molecule has 0 saturated carbocycles. The summed E-state index contributed by atoms with van der Waals surface area (Å²) in [4.78, 5) is 0. The highest BCUT2D eigenvalue weighted by atomic mass is 14.6. The van der Waals surface area contributed by atoms with E-state index in [1.54, 1.807) is 0 Å². The molecule has 0 saturated heterocycles. The molecule has 3 aliphatic carbocycles. The molecule has 0 heteroatoms. The van der Waals surface area contributed by atoms with Gasteiger partial charge in [0.05, 0.1) is 10.8 Å². The third-order valence-corrected chi connectivity index (χ3v) is 10.5. The van der Waals surface area contributed by atoms with Gasteiger partial charge < -0.3 is 0 Å². The molecule has 0 radical (unpaired) electrons. The molecule has 3 aliphatic rings. The van der Waals surface area contributed by atoms with Gasteiger partial charge in [0.2, 0.25) is 0 Å². The summed E-state index contributed by atoms with van der Waals surface area (Å²) in [6, 6.07) is 57.3. The van der Waals surface area contributed by atoms with Gasteiger partial charge in [-0.3, -0.25) is 0 Å². The van der Waals surface area contributed by atoms with Crippen molar-refractivity contribution in [2.75, 3.05) is 0 Å². The molecule has 45 heavy (non-hydrogen) atoms. The highest BCUT2D eigenvalue weighted by molar-refractivity contribution is 5.89. The van der Waals surface area contributed by atoms with Gasteiger partial charge >= 0.3 is 0 Å². The molecule has 6 aromatic rings. The zero-order chi connectivity index (χ0) is 29.8. The molecule has 0 atom stereocenters. The first kappa shape index (κ1) is 26.2. The first-order chi connectivity index (χ1) is 22.3. The summed E-state index contributed by atoms with van der Waals surface area (Å²) < 4.78 is 0. The standard InChI is InChI=1S/C45H34/c1-4-16-32(17-5-1)30-33-28-29-37-36-22-10-11-23-38(36)45(43(37)31-33)41-26-14-12-24-39(41)44(34-18-6-2-7-19-34,35-20-8-3-9-21-35)40-25-13-15-27-42(40)45/h1-8,10-20,22-29,31H,9,21,30H2. The molecule has 0 aliphatic heterocycles. The Balaban J connectivity index is 1.42. The van der Waals surface area contributed by atoms with E-state index in [1.165, 1.54) is 66.8 Å². The second-order valence-electron chi connectivity index (χ2n) is 12.7. The van der Waals surface area contributed by atoms with Gasteiger partial charge in [0, 0.05) is 0 Å². The van der Waals surface area contributed by atoms with E-state index in [9.17, 15) is 0 Å². The minimum atomic E-state index is -0.421. The van der Waals surface area contributed by atoms with Crippen molar-refractivity contribution in [1.82, 2.24) is 0 Å². The van der Waals surface area contributed by atoms with Crippen molar-refractivity contribution in [1.29, 1.82) is 0 Å². The van der Waals surface area contributed by atoms with Crippen LogP contribution in [0.1, 0.15) is 62.9 Å². The van der Waals surface area contributed by atoms with Gasteiger partial charge in [-0.05, 0) is 80.5 Å². The SMILES string of the molecule is C1=CCCC(C2(c3ccccc3)c3ccccc3C3(c4ccccc4-c4ccc(Cc5ccccc5)cc43)c3ccccc32)=C1. The molecule has 0 unspecified atom stereocenters. The van der Waals surface area contributed by atoms with Crippen molar-refractivity contribution in [3.8, 4) is 11.1 Å². The fourth-order valence-electron chi connectivity index (χ4n) is 8.86. The van der Waals surface area contributed by atoms with E-state index in [0.717, 1.165) is 19.3 Å². The molecule has 214 valence electrons. The number of fused-ring (bicyclic) bond motifs is 9. The summed E-state index contributed by atoms with van der Waals surface area (Å²) in [5, 5.41) is 0. The molecule has 9 rings (SSSR count). The van der Waals surface area contributed by atoms with Gasteiger partial charge in [0.1, 0.15) is 0 Å². The smallest absolute Gasteiger partial charge is 0.0720 e. The van der Waals surface area contributed by atoms with Crippen LogP contribution in [0.2, 0.25) is 0 Å². The maximum atomic E-state index is 2.52. The Morgan fingerprint density at radius 3 is 1.64 bits per heavy atom. The van der Waals surface area contributed by atoms with E-state index in [1.807, 2.05) is 0 Å². The van der Waals surface area contributed by atoms with E-state index < -0.39 is 5.41 Å². The largest absolute Gasteiger partial charge is 0.0842 e. The van der Waals surface area contributed by atoms with Crippen molar-refractivity contribution in [3.05, 3.63) is 226 Å². The van der Waals surface area contributed by atoms with Crippen LogP contribution in [0.4, 0.5) is 0 Å². The molecule has 0 heterocycles. The highest BCUT2D eigenvalue weighted by Gasteiger charge is 2.56. The van der Waals surface area contributed by atoms with Crippen LogP contribution in [0, 0.1) is 0 Å². The van der Waals surface area contributed by atoms with Gasteiger partial charge in [0.15, 0.2) is 0 Å². The maximum absolute atomic E-state index is 2.52. The third-order valence-electron chi connectivity index (χ3n) is 10.5.